The third-order valence-corrected chi connectivity index (χ3v) is 4.33. The maximum Gasteiger partial charge on any atom is 0.326 e. The molecule has 0 aromatic heterocycles. The van der Waals surface area contributed by atoms with Gasteiger partial charge in [0.25, 0.3) is 0 Å². The van der Waals surface area contributed by atoms with Gasteiger partial charge in [0.2, 0.25) is 0 Å². The number of nitrogens with two attached hydrogens (primary N) is 1. The molecule has 2 N–H and O–H groups in total. The Morgan fingerprint density at radius 2 is 1.77 bits per heavy atom. The first kappa shape index (κ1) is 15.1. The number of hydrogen-bond donors (Lipinski definition) is 1. The van der Waals surface area contributed by atoms with Gasteiger partial charge in [-0.25, -0.2) is 0 Å². The molecule has 114 valence electrons. The van der Waals surface area contributed by atoms with E-state index in [4.69, 9.17) is 22.1 Å². The van der Waals surface area contributed by atoms with Gasteiger partial charge in [-0.15, -0.1) is 0 Å². The molecule has 0 spiro atoms. The normalized spacial score (nSPS) is 19.8. The Labute approximate surface area is 135 Å². The van der Waals surface area contributed by atoms with E-state index in [1.807, 2.05) is 30.3 Å². The van der Waals surface area contributed by atoms with Crippen LogP contribution in [-0.4, -0.2) is 18.1 Å². The van der Waals surface area contributed by atoms with Crippen LogP contribution in [0.2, 0.25) is 5.02 Å². The molecular weight excluding hydrogens is 298 g/mol. The number of benzene rings is 2. The number of ether oxygens (including phenoxy) is 1. The number of halogens is 1. The fourth-order valence-corrected chi connectivity index (χ4v) is 3.07. The van der Waals surface area contributed by atoms with Gasteiger partial charge in [0.1, 0.15) is 5.54 Å². The van der Waals surface area contributed by atoms with Crippen LogP contribution in [-0.2, 0) is 22.4 Å². The van der Waals surface area contributed by atoms with Crippen molar-refractivity contribution in [3.63, 3.8) is 0 Å². The lowest BCUT2D eigenvalue weighted by molar-refractivity contribution is -0.149. The summed E-state index contributed by atoms with van der Waals surface area (Å²) >= 11 is 5.93. The Hall–Kier alpha value is -1.84. The Morgan fingerprint density at radius 3 is 2.45 bits per heavy atom. The van der Waals surface area contributed by atoms with Crippen molar-refractivity contribution in [3.8, 4) is 11.1 Å². The lowest BCUT2D eigenvalue weighted by Crippen LogP contribution is -2.50. The van der Waals surface area contributed by atoms with Crippen LogP contribution in [0.4, 0.5) is 0 Å². The predicted octanol–water partition coefficient (Wildman–Crippen LogP) is 3.37. The van der Waals surface area contributed by atoms with Crippen molar-refractivity contribution in [1.29, 1.82) is 0 Å². The van der Waals surface area contributed by atoms with E-state index in [1.165, 1.54) is 0 Å². The molecule has 1 aliphatic rings. The molecule has 0 saturated carbocycles. The Bertz CT molecular complexity index is 712. The van der Waals surface area contributed by atoms with Gasteiger partial charge in [0.05, 0.1) is 6.61 Å². The van der Waals surface area contributed by atoms with Gasteiger partial charge in [-0.2, -0.15) is 0 Å². The summed E-state index contributed by atoms with van der Waals surface area (Å²) in [5.41, 5.74) is 9.75. The first-order valence-corrected chi connectivity index (χ1v) is 7.73. The number of carbonyl (C=O) groups excluding carboxylic acids is 1. The minimum atomic E-state index is -0.934. The molecule has 0 amide bonds. The monoisotopic (exact) mass is 315 g/mol. The van der Waals surface area contributed by atoms with Crippen LogP contribution < -0.4 is 5.73 Å². The standard InChI is InChI=1S/C18H18ClNO2/c1-2-22-17(21)18(20)10-14-4-3-13(9-15(14)11-18)12-5-7-16(19)8-6-12/h3-9H,2,10-11,20H2,1H3. The summed E-state index contributed by atoms with van der Waals surface area (Å²) in [5.74, 6) is -0.320. The van der Waals surface area contributed by atoms with Gasteiger partial charge >= 0.3 is 5.97 Å². The number of hydrogen-bond acceptors (Lipinski definition) is 3. The smallest absolute Gasteiger partial charge is 0.326 e. The fourth-order valence-electron chi connectivity index (χ4n) is 2.95. The van der Waals surface area contributed by atoms with Crippen LogP contribution in [0.3, 0.4) is 0 Å². The maximum absolute atomic E-state index is 12.1. The van der Waals surface area contributed by atoms with Crippen LogP contribution in [0.15, 0.2) is 42.5 Å². The molecule has 4 heteroatoms. The van der Waals surface area contributed by atoms with Crippen LogP contribution in [0.5, 0.6) is 0 Å². The number of carbonyl (C=O) groups is 1. The largest absolute Gasteiger partial charge is 0.465 e. The van der Waals surface area contributed by atoms with E-state index in [2.05, 4.69) is 12.1 Å². The second kappa shape index (κ2) is 5.75. The van der Waals surface area contributed by atoms with E-state index in [-0.39, 0.29) is 5.97 Å². The summed E-state index contributed by atoms with van der Waals surface area (Å²) in [6.07, 6.45) is 1.05. The van der Waals surface area contributed by atoms with E-state index in [0.29, 0.717) is 24.5 Å². The molecule has 0 radical (unpaired) electrons. The minimum Gasteiger partial charge on any atom is -0.465 e. The van der Waals surface area contributed by atoms with Crippen molar-refractivity contribution >= 4 is 17.6 Å². The summed E-state index contributed by atoms with van der Waals surface area (Å²) in [7, 11) is 0. The number of fused-ring (bicyclic) bond motifs is 1. The molecular formula is C18H18ClNO2. The third kappa shape index (κ3) is 2.74. The molecule has 0 aliphatic heterocycles. The molecule has 0 heterocycles. The highest BCUT2D eigenvalue weighted by atomic mass is 35.5. The van der Waals surface area contributed by atoms with E-state index < -0.39 is 5.54 Å². The molecule has 22 heavy (non-hydrogen) atoms. The van der Waals surface area contributed by atoms with Crippen LogP contribution >= 0.6 is 11.6 Å². The molecule has 0 saturated heterocycles. The quantitative estimate of drug-likeness (QED) is 0.884. The zero-order valence-electron chi connectivity index (χ0n) is 12.4. The fraction of sp³-hybridized carbons (Fsp3) is 0.278. The van der Waals surface area contributed by atoms with E-state index >= 15 is 0 Å². The van der Waals surface area contributed by atoms with E-state index in [1.54, 1.807) is 6.92 Å². The second-order valence-corrected chi connectivity index (χ2v) is 6.16. The van der Waals surface area contributed by atoms with Crippen molar-refractivity contribution in [3.05, 3.63) is 58.6 Å². The predicted molar refractivity (Wildman–Crippen MR) is 87.8 cm³/mol. The average molecular weight is 316 g/mol. The van der Waals surface area contributed by atoms with Crippen molar-refractivity contribution in [2.45, 2.75) is 25.3 Å². The molecule has 1 unspecified atom stereocenters. The minimum absolute atomic E-state index is 0.320. The van der Waals surface area contributed by atoms with Crippen LogP contribution in [0.1, 0.15) is 18.1 Å². The average Bonchev–Trinajstić information content (AvgIpc) is 2.85. The summed E-state index contributed by atoms with van der Waals surface area (Å²) in [6.45, 7) is 2.14. The van der Waals surface area contributed by atoms with Gasteiger partial charge < -0.3 is 10.5 Å². The Balaban J connectivity index is 1.89. The Morgan fingerprint density at radius 1 is 1.14 bits per heavy atom. The highest BCUT2D eigenvalue weighted by Gasteiger charge is 2.41. The zero-order valence-corrected chi connectivity index (χ0v) is 13.2. The topological polar surface area (TPSA) is 52.3 Å². The maximum atomic E-state index is 12.1. The Kier molecular flexibility index (Phi) is 3.94. The summed E-state index contributed by atoms with van der Waals surface area (Å²) in [4.78, 5) is 12.1. The van der Waals surface area contributed by atoms with Crippen LogP contribution in [0, 0.1) is 0 Å². The molecule has 1 atom stereocenters. The van der Waals surface area contributed by atoms with E-state index in [9.17, 15) is 4.79 Å². The lowest BCUT2D eigenvalue weighted by atomic mass is 9.97. The van der Waals surface area contributed by atoms with E-state index in [0.717, 1.165) is 22.3 Å². The number of esters is 1. The van der Waals surface area contributed by atoms with Gasteiger partial charge in [0, 0.05) is 17.9 Å². The third-order valence-electron chi connectivity index (χ3n) is 4.08. The zero-order chi connectivity index (χ0) is 15.7. The van der Waals surface area contributed by atoms with Gasteiger partial charge in [0.15, 0.2) is 0 Å². The highest BCUT2D eigenvalue weighted by molar-refractivity contribution is 6.30. The van der Waals surface area contributed by atoms with Crippen molar-refractivity contribution < 1.29 is 9.53 Å². The van der Waals surface area contributed by atoms with Crippen molar-refractivity contribution in [1.82, 2.24) is 0 Å². The second-order valence-electron chi connectivity index (χ2n) is 5.72. The molecule has 1 aliphatic carbocycles. The lowest BCUT2D eigenvalue weighted by Gasteiger charge is -2.20. The summed E-state index contributed by atoms with van der Waals surface area (Å²) in [6, 6.07) is 13.9. The summed E-state index contributed by atoms with van der Waals surface area (Å²) < 4.78 is 5.11. The molecule has 2 aromatic rings. The first-order valence-electron chi connectivity index (χ1n) is 7.36. The number of rotatable bonds is 3. The molecule has 2 aromatic carbocycles. The molecule has 3 rings (SSSR count). The van der Waals surface area contributed by atoms with Gasteiger partial charge in [-0.3, -0.25) is 4.79 Å². The van der Waals surface area contributed by atoms with Crippen molar-refractivity contribution in [2.24, 2.45) is 5.73 Å². The van der Waals surface area contributed by atoms with Crippen molar-refractivity contribution in [2.75, 3.05) is 6.61 Å². The highest BCUT2D eigenvalue weighted by Crippen LogP contribution is 2.33. The van der Waals surface area contributed by atoms with Gasteiger partial charge in [-0.1, -0.05) is 41.9 Å². The van der Waals surface area contributed by atoms with Gasteiger partial charge in [-0.05, 0) is 41.3 Å². The van der Waals surface area contributed by atoms with Crippen LogP contribution in [0.25, 0.3) is 11.1 Å². The molecule has 0 fully saturated rings. The SMILES string of the molecule is CCOC(=O)C1(N)Cc2ccc(-c3ccc(Cl)cc3)cc2C1. The summed E-state index contributed by atoms with van der Waals surface area (Å²) in [5, 5.41) is 0.716. The first-order chi connectivity index (χ1) is 10.5. The molecule has 0 bridgehead atoms. The molecule has 3 nitrogen and oxygen atoms in total.